The van der Waals surface area contributed by atoms with Crippen molar-refractivity contribution in [2.45, 2.75) is 31.7 Å². The lowest BCUT2D eigenvalue weighted by atomic mass is 10.1. The minimum Gasteiger partial charge on any atom is -0.383 e. The lowest BCUT2D eigenvalue weighted by molar-refractivity contribution is 0.202. The molecule has 0 bridgehead atoms. The molecular formula is C16H21ClN2O. The van der Waals surface area contributed by atoms with Crippen LogP contribution in [0.1, 0.15) is 30.9 Å². The fourth-order valence-corrected chi connectivity index (χ4v) is 2.74. The first-order valence-electron chi connectivity index (χ1n) is 7.05. The summed E-state index contributed by atoms with van der Waals surface area (Å²) in [6.45, 7) is 3.71. The van der Waals surface area contributed by atoms with E-state index in [1.165, 1.54) is 12.8 Å². The van der Waals surface area contributed by atoms with Gasteiger partial charge < -0.3 is 9.64 Å². The molecule has 0 aromatic heterocycles. The number of alkyl halides is 1. The molecule has 0 radical (unpaired) electrons. The molecule has 0 aliphatic heterocycles. The fourth-order valence-electron chi connectivity index (χ4n) is 2.57. The first kappa shape index (κ1) is 15.2. The minimum atomic E-state index is 0.436. The molecule has 1 aromatic carbocycles. The molecule has 1 aliphatic rings. The SMILES string of the molecule is COCCN(c1ccc(CCl)cc1C#N)C(C)C1CC1. The van der Waals surface area contributed by atoms with Gasteiger partial charge in [-0.2, -0.15) is 5.26 Å². The molecule has 1 unspecified atom stereocenters. The minimum absolute atomic E-state index is 0.436. The summed E-state index contributed by atoms with van der Waals surface area (Å²) in [4.78, 5) is 2.30. The van der Waals surface area contributed by atoms with Gasteiger partial charge in [-0.3, -0.25) is 0 Å². The van der Waals surface area contributed by atoms with Gasteiger partial charge in [-0.05, 0) is 43.4 Å². The maximum absolute atomic E-state index is 9.40. The second-order valence-electron chi connectivity index (χ2n) is 5.36. The van der Waals surface area contributed by atoms with Crippen molar-refractivity contribution in [2.75, 3.05) is 25.2 Å². The van der Waals surface area contributed by atoms with Crippen LogP contribution < -0.4 is 4.90 Å². The highest BCUT2D eigenvalue weighted by Crippen LogP contribution is 2.37. The number of methoxy groups -OCH3 is 1. The fraction of sp³-hybridized carbons (Fsp3) is 0.562. The van der Waals surface area contributed by atoms with Crippen LogP contribution in [0.5, 0.6) is 0 Å². The van der Waals surface area contributed by atoms with Gasteiger partial charge in [0, 0.05) is 25.6 Å². The Kier molecular flexibility index (Phi) is 5.28. The maximum Gasteiger partial charge on any atom is 0.101 e. The summed E-state index contributed by atoms with van der Waals surface area (Å²) in [7, 11) is 1.71. The van der Waals surface area contributed by atoms with Crippen LogP contribution in [0.3, 0.4) is 0 Å². The van der Waals surface area contributed by atoms with E-state index in [9.17, 15) is 5.26 Å². The molecule has 0 N–H and O–H groups in total. The zero-order valence-corrected chi connectivity index (χ0v) is 12.9. The molecule has 0 amide bonds. The van der Waals surface area contributed by atoms with Gasteiger partial charge in [0.15, 0.2) is 0 Å². The molecule has 1 aromatic rings. The van der Waals surface area contributed by atoms with Gasteiger partial charge >= 0.3 is 0 Å². The maximum atomic E-state index is 9.40. The van der Waals surface area contributed by atoms with E-state index in [4.69, 9.17) is 16.3 Å². The van der Waals surface area contributed by atoms with Crippen molar-refractivity contribution in [3.8, 4) is 6.07 Å². The van der Waals surface area contributed by atoms with Crippen LogP contribution in [0, 0.1) is 17.2 Å². The predicted octanol–water partition coefficient (Wildman–Crippen LogP) is 3.55. The molecule has 1 saturated carbocycles. The summed E-state index contributed by atoms with van der Waals surface area (Å²) in [5, 5.41) is 9.40. The highest BCUT2D eigenvalue weighted by molar-refractivity contribution is 6.17. The molecule has 1 atom stereocenters. The first-order valence-corrected chi connectivity index (χ1v) is 7.59. The number of anilines is 1. The third-order valence-corrected chi connectivity index (χ3v) is 4.29. The van der Waals surface area contributed by atoms with Crippen molar-refractivity contribution in [1.82, 2.24) is 0 Å². The van der Waals surface area contributed by atoms with Gasteiger partial charge in [-0.25, -0.2) is 0 Å². The Labute approximate surface area is 126 Å². The van der Waals surface area contributed by atoms with E-state index in [1.54, 1.807) is 7.11 Å². The Hall–Kier alpha value is -1.24. The summed E-state index contributed by atoms with van der Waals surface area (Å²) in [5.74, 6) is 1.18. The number of nitriles is 1. The van der Waals surface area contributed by atoms with Gasteiger partial charge in [-0.15, -0.1) is 11.6 Å². The zero-order chi connectivity index (χ0) is 14.5. The van der Waals surface area contributed by atoms with Crippen LogP contribution in [0.15, 0.2) is 18.2 Å². The summed E-state index contributed by atoms with van der Waals surface area (Å²) in [6.07, 6.45) is 2.57. The number of rotatable bonds is 7. The van der Waals surface area contributed by atoms with Crippen LogP contribution in [0.4, 0.5) is 5.69 Å². The summed E-state index contributed by atoms with van der Waals surface area (Å²) in [5.41, 5.74) is 2.68. The molecule has 4 heteroatoms. The Morgan fingerprint density at radius 1 is 1.50 bits per heavy atom. The van der Waals surface area contributed by atoms with E-state index < -0.39 is 0 Å². The van der Waals surface area contributed by atoms with Crippen molar-refractivity contribution in [3.05, 3.63) is 29.3 Å². The number of ether oxygens (including phenoxy) is 1. The molecule has 1 fully saturated rings. The number of hydrogen-bond acceptors (Lipinski definition) is 3. The third-order valence-electron chi connectivity index (χ3n) is 3.98. The normalized spacial score (nSPS) is 15.7. The molecule has 1 aliphatic carbocycles. The van der Waals surface area contributed by atoms with Crippen molar-refractivity contribution in [1.29, 1.82) is 5.26 Å². The van der Waals surface area contributed by atoms with Gasteiger partial charge in [0.2, 0.25) is 0 Å². The smallest absolute Gasteiger partial charge is 0.101 e. The lowest BCUT2D eigenvalue weighted by Gasteiger charge is -2.32. The van der Waals surface area contributed by atoms with E-state index in [0.717, 1.165) is 23.7 Å². The number of hydrogen-bond donors (Lipinski definition) is 0. The van der Waals surface area contributed by atoms with E-state index in [1.807, 2.05) is 18.2 Å². The first-order chi connectivity index (χ1) is 9.71. The molecule has 2 rings (SSSR count). The van der Waals surface area contributed by atoms with Crippen molar-refractivity contribution < 1.29 is 4.74 Å². The van der Waals surface area contributed by atoms with Crippen LogP contribution in [-0.2, 0) is 10.6 Å². The average molecular weight is 293 g/mol. The van der Waals surface area contributed by atoms with Gasteiger partial charge in [0.1, 0.15) is 6.07 Å². The van der Waals surface area contributed by atoms with E-state index in [2.05, 4.69) is 17.9 Å². The second-order valence-corrected chi connectivity index (χ2v) is 5.63. The highest BCUT2D eigenvalue weighted by atomic mass is 35.5. The number of nitrogens with zero attached hydrogens (tertiary/aromatic N) is 2. The second kappa shape index (κ2) is 6.97. The van der Waals surface area contributed by atoms with Crippen LogP contribution in [-0.4, -0.2) is 26.3 Å². The number of benzene rings is 1. The van der Waals surface area contributed by atoms with Crippen LogP contribution >= 0.6 is 11.6 Å². The Bertz CT molecular complexity index is 494. The van der Waals surface area contributed by atoms with Crippen LogP contribution in [0.2, 0.25) is 0 Å². The van der Waals surface area contributed by atoms with Crippen molar-refractivity contribution in [3.63, 3.8) is 0 Å². The zero-order valence-electron chi connectivity index (χ0n) is 12.1. The lowest BCUT2D eigenvalue weighted by Crippen LogP contribution is -2.37. The quantitative estimate of drug-likeness (QED) is 0.721. The molecule has 0 saturated heterocycles. The third kappa shape index (κ3) is 3.45. The van der Waals surface area contributed by atoms with Gasteiger partial charge in [0.25, 0.3) is 0 Å². The van der Waals surface area contributed by atoms with Crippen LogP contribution in [0.25, 0.3) is 0 Å². The van der Waals surface area contributed by atoms with E-state index >= 15 is 0 Å². The molecule has 0 spiro atoms. The summed E-state index contributed by atoms with van der Waals surface area (Å²) >= 11 is 5.85. The molecule has 108 valence electrons. The van der Waals surface area contributed by atoms with Gasteiger partial charge in [0.05, 0.1) is 17.9 Å². The van der Waals surface area contributed by atoms with Crippen molar-refractivity contribution >= 4 is 17.3 Å². The van der Waals surface area contributed by atoms with E-state index in [-0.39, 0.29) is 0 Å². The molecule has 20 heavy (non-hydrogen) atoms. The highest BCUT2D eigenvalue weighted by Gasteiger charge is 2.32. The monoisotopic (exact) mass is 292 g/mol. The largest absolute Gasteiger partial charge is 0.383 e. The Morgan fingerprint density at radius 3 is 2.80 bits per heavy atom. The predicted molar refractivity (Wildman–Crippen MR) is 82.1 cm³/mol. The molecular weight excluding hydrogens is 272 g/mol. The topological polar surface area (TPSA) is 36.3 Å². The van der Waals surface area contributed by atoms with Crippen molar-refractivity contribution in [2.24, 2.45) is 5.92 Å². The average Bonchev–Trinajstić information content (AvgIpc) is 3.32. The molecule has 0 heterocycles. The van der Waals surface area contributed by atoms with Gasteiger partial charge in [-0.1, -0.05) is 6.07 Å². The van der Waals surface area contributed by atoms with E-state index in [0.29, 0.717) is 24.1 Å². The summed E-state index contributed by atoms with van der Waals surface area (Å²) in [6, 6.07) is 8.66. The molecule has 3 nitrogen and oxygen atoms in total. The Balaban J connectivity index is 2.29. The standard InChI is InChI=1S/C16H21ClN2O/c1-12(14-4-5-14)19(7-8-20-2)16-6-3-13(10-17)9-15(16)11-18/h3,6,9,12,14H,4-5,7-8,10H2,1-2H3. The number of halogens is 1. The summed E-state index contributed by atoms with van der Waals surface area (Å²) < 4.78 is 5.22. The Morgan fingerprint density at radius 2 is 2.25 bits per heavy atom.